The molecule has 0 heterocycles. The van der Waals surface area contributed by atoms with Gasteiger partial charge in [0.05, 0.1) is 0 Å². The fourth-order valence-corrected chi connectivity index (χ4v) is 0.297. The van der Waals surface area contributed by atoms with Crippen LogP contribution in [0.2, 0.25) is 0 Å². The van der Waals surface area contributed by atoms with Gasteiger partial charge in [0.15, 0.2) is 0 Å². The van der Waals surface area contributed by atoms with Crippen molar-refractivity contribution in [2.75, 3.05) is 6.54 Å². The monoisotopic (exact) mass is 113 g/mol. The predicted octanol–water partition coefficient (Wildman–Crippen LogP) is 0.699. The SMILES string of the molecule is CCN/C=C(/C)C=O. The van der Waals surface area contributed by atoms with E-state index in [0.29, 0.717) is 0 Å². The van der Waals surface area contributed by atoms with Crippen LogP contribution in [0.4, 0.5) is 0 Å². The minimum Gasteiger partial charge on any atom is -0.391 e. The van der Waals surface area contributed by atoms with Crippen molar-refractivity contribution < 1.29 is 4.79 Å². The molecule has 0 bridgehead atoms. The third-order valence-electron chi connectivity index (χ3n) is 0.720. The van der Waals surface area contributed by atoms with E-state index in [-0.39, 0.29) is 0 Å². The Labute approximate surface area is 49.6 Å². The standard InChI is InChI=1S/C6H11NO/c1-3-7-4-6(2)5-8/h4-5,7H,3H2,1-2H3/b6-4-. The lowest BCUT2D eigenvalue weighted by atomic mass is 10.4. The fourth-order valence-electron chi connectivity index (χ4n) is 0.297. The molecule has 0 unspecified atom stereocenters. The highest BCUT2D eigenvalue weighted by atomic mass is 16.1. The second-order valence-corrected chi connectivity index (χ2v) is 1.56. The van der Waals surface area contributed by atoms with Crippen LogP contribution in [0.3, 0.4) is 0 Å². The van der Waals surface area contributed by atoms with Gasteiger partial charge in [-0.05, 0) is 13.8 Å². The molecule has 0 aliphatic rings. The molecule has 0 atom stereocenters. The van der Waals surface area contributed by atoms with Gasteiger partial charge in [-0.1, -0.05) is 0 Å². The highest BCUT2D eigenvalue weighted by Crippen LogP contribution is 1.79. The van der Waals surface area contributed by atoms with Gasteiger partial charge in [-0.25, -0.2) is 0 Å². The van der Waals surface area contributed by atoms with Crippen LogP contribution in [0.25, 0.3) is 0 Å². The average Bonchev–Trinajstić information content (AvgIpc) is 1.83. The number of aldehydes is 1. The molecule has 2 heteroatoms. The molecule has 0 fully saturated rings. The van der Waals surface area contributed by atoms with E-state index in [0.717, 1.165) is 18.4 Å². The molecule has 0 amide bonds. The van der Waals surface area contributed by atoms with Crippen molar-refractivity contribution in [2.45, 2.75) is 13.8 Å². The van der Waals surface area contributed by atoms with E-state index >= 15 is 0 Å². The first-order valence-corrected chi connectivity index (χ1v) is 2.66. The Morgan fingerprint density at radius 2 is 2.38 bits per heavy atom. The normalized spacial score (nSPS) is 11.0. The van der Waals surface area contributed by atoms with E-state index in [1.807, 2.05) is 6.92 Å². The number of carbonyl (C=O) groups excluding carboxylic acids is 1. The van der Waals surface area contributed by atoms with E-state index in [1.54, 1.807) is 13.1 Å². The van der Waals surface area contributed by atoms with Crippen molar-refractivity contribution >= 4 is 6.29 Å². The predicted molar refractivity (Wildman–Crippen MR) is 33.5 cm³/mol. The Balaban J connectivity index is 3.40. The molecule has 1 N–H and O–H groups in total. The molecule has 0 aromatic rings. The average molecular weight is 113 g/mol. The van der Waals surface area contributed by atoms with Crippen LogP contribution in [0.5, 0.6) is 0 Å². The van der Waals surface area contributed by atoms with Crippen molar-refractivity contribution in [3.8, 4) is 0 Å². The quantitative estimate of drug-likeness (QED) is 0.431. The molecule has 0 aliphatic heterocycles. The molecule has 0 spiro atoms. The van der Waals surface area contributed by atoms with Crippen molar-refractivity contribution in [3.63, 3.8) is 0 Å². The van der Waals surface area contributed by atoms with Crippen LogP contribution in [-0.4, -0.2) is 12.8 Å². The molecular weight excluding hydrogens is 102 g/mol. The van der Waals surface area contributed by atoms with Crippen LogP contribution < -0.4 is 5.32 Å². The van der Waals surface area contributed by atoms with Gasteiger partial charge < -0.3 is 5.32 Å². The summed E-state index contributed by atoms with van der Waals surface area (Å²) >= 11 is 0. The zero-order chi connectivity index (χ0) is 6.41. The fraction of sp³-hybridized carbons (Fsp3) is 0.500. The maximum absolute atomic E-state index is 9.90. The lowest BCUT2D eigenvalue weighted by Gasteiger charge is -1.90. The number of nitrogens with one attached hydrogen (secondary N) is 1. The molecule has 0 rings (SSSR count). The van der Waals surface area contributed by atoms with E-state index < -0.39 is 0 Å². The Kier molecular flexibility index (Phi) is 3.94. The second kappa shape index (κ2) is 4.37. The summed E-state index contributed by atoms with van der Waals surface area (Å²) in [5.74, 6) is 0. The maximum Gasteiger partial charge on any atom is 0.147 e. The minimum absolute atomic E-state index is 0.729. The Morgan fingerprint density at radius 1 is 1.75 bits per heavy atom. The first-order valence-electron chi connectivity index (χ1n) is 2.66. The molecular formula is C6H11NO. The summed E-state index contributed by atoms with van der Waals surface area (Å²) < 4.78 is 0. The molecule has 0 saturated heterocycles. The van der Waals surface area contributed by atoms with Gasteiger partial charge in [0, 0.05) is 18.3 Å². The summed E-state index contributed by atoms with van der Waals surface area (Å²) in [6.45, 7) is 4.61. The van der Waals surface area contributed by atoms with E-state index in [2.05, 4.69) is 5.32 Å². The van der Waals surface area contributed by atoms with Crippen LogP contribution >= 0.6 is 0 Å². The van der Waals surface area contributed by atoms with Crippen LogP contribution in [0.1, 0.15) is 13.8 Å². The molecule has 0 radical (unpaired) electrons. The first-order chi connectivity index (χ1) is 3.81. The zero-order valence-corrected chi connectivity index (χ0v) is 5.27. The molecule has 0 saturated carbocycles. The topological polar surface area (TPSA) is 29.1 Å². The third kappa shape index (κ3) is 3.40. The number of carbonyl (C=O) groups is 1. The van der Waals surface area contributed by atoms with Crippen LogP contribution in [0.15, 0.2) is 11.8 Å². The maximum atomic E-state index is 9.90. The van der Waals surface area contributed by atoms with Gasteiger partial charge >= 0.3 is 0 Å². The van der Waals surface area contributed by atoms with Gasteiger partial charge in [-0.2, -0.15) is 0 Å². The minimum atomic E-state index is 0.729. The van der Waals surface area contributed by atoms with E-state index in [4.69, 9.17) is 0 Å². The van der Waals surface area contributed by atoms with E-state index in [1.165, 1.54) is 0 Å². The van der Waals surface area contributed by atoms with Gasteiger partial charge in [-0.15, -0.1) is 0 Å². The smallest absolute Gasteiger partial charge is 0.147 e. The molecule has 46 valence electrons. The summed E-state index contributed by atoms with van der Waals surface area (Å²) in [4.78, 5) is 9.90. The van der Waals surface area contributed by atoms with Crippen molar-refractivity contribution in [1.82, 2.24) is 5.32 Å². The van der Waals surface area contributed by atoms with Gasteiger partial charge in [0.2, 0.25) is 0 Å². The van der Waals surface area contributed by atoms with Gasteiger partial charge in [0.1, 0.15) is 6.29 Å². The van der Waals surface area contributed by atoms with Crippen molar-refractivity contribution in [2.24, 2.45) is 0 Å². The summed E-state index contributed by atoms with van der Waals surface area (Å²) in [6.07, 6.45) is 2.52. The van der Waals surface area contributed by atoms with E-state index in [9.17, 15) is 4.79 Å². The van der Waals surface area contributed by atoms with Gasteiger partial charge in [0.25, 0.3) is 0 Å². The largest absolute Gasteiger partial charge is 0.391 e. The molecule has 0 aromatic heterocycles. The van der Waals surface area contributed by atoms with Crippen molar-refractivity contribution in [3.05, 3.63) is 11.8 Å². The molecule has 8 heavy (non-hydrogen) atoms. The summed E-state index contributed by atoms with van der Waals surface area (Å²) in [6, 6.07) is 0. The summed E-state index contributed by atoms with van der Waals surface area (Å²) in [5.41, 5.74) is 0.729. The highest BCUT2D eigenvalue weighted by molar-refractivity contribution is 5.71. The lowest BCUT2D eigenvalue weighted by molar-refractivity contribution is -0.104. The zero-order valence-electron chi connectivity index (χ0n) is 5.27. The van der Waals surface area contributed by atoms with Crippen molar-refractivity contribution in [1.29, 1.82) is 0 Å². The third-order valence-corrected chi connectivity index (χ3v) is 0.720. The second-order valence-electron chi connectivity index (χ2n) is 1.56. The number of rotatable bonds is 3. The molecule has 0 aliphatic carbocycles. The highest BCUT2D eigenvalue weighted by Gasteiger charge is 1.78. The Morgan fingerprint density at radius 3 is 2.75 bits per heavy atom. The lowest BCUT2D eigenvalue weighted by Crippen LogP contribution is -2.03. The number of hydrogen-bond acceptors (Lipinski definition) is 2. The molecule has 0 aromatic carbocycles. The van der Waals surface area contributed by atoms with Crippen LogP contribution in [0, 0.1) is 0 Å². The Bertz CT molecular complexity index is 96.7. The first kappa shape index (κ1) is 7.21. The summed E-state index contributed by atoms with van der Waals surface area (Å²) in [7, 11) is 0. The number of allylic oxidation sites excluding steroid dienone is 1. The van der Waals surface area contributed by atoms with Crippen LogP contribution in [-0.2, 0) is 4.79 Å². The van der Waals surface area contributed by atoms with Gasteiger partial charge in [-0.3, -0.25) is 4.79 Å². The molecule has 2 nitrogen and oxygen atoms in total. The number of hydrogen-bond donors (Lipinski definition) is 1. The summed E-state index contributed by atoms with van der Waals surface area (Å²) in [5, 5.41) is 2.91. The Hall–Kier alpha value is -0.790.